The number of carbonyl (C=O) groups excluding carboxylic acids is 1. The highest BCUT2D eigenvalue weighted by atomic mass is 32.2. The zero-order valence-electron chi connectivity index (χ0n) is 11.1. The van der Waals surface area contributed by atoms with Gasteiger partial charge in [0, 0.05) is 11.4 Å². The van der Waals surface area contributed by atoms with E-state index in [0.717, 1.165) is 5.69 Å². The first kappa shape index (κ1) is 15.1. The normalized spacial score (nSPS) is 12.5. The number of amides is 1. The topological polar surface area (TPSA) is 49.3 Å². The van der Waals surface area contributed by atoms with Gasteiger partial charge in [-0.15, -0.1) is 11.8 Å². The molecule has 0 unspecified atom stereocenters. The van der Waals surface area contributed by atoms with E-state index in [9.17, 15) is 4.79 Å². The van der Waals surface area contributed by atoms with Gasteiger partial charge in [0.15, 0.2) is 0 Å². The molecule has 0 spiro atoms. The van der Waals surface area contributed by atoms with Gasteiger partial charge >= 0.3 is 0 Å². The number of nitrogens with one attached hydrogen (secondary N) is 1. The molecule has 0 heterocycles. The predicted molar refractivity (Wildman–Crippen MR) is 78.2 cm³/mol. The van der Waals surface area contributed by atoms with Crippen molar-refractivity contribution in [1.29, 1.82) is 0 Å². The van der Waals surface area contributed by atoms with E-state index in [-0.39, 0.29) is 17.8 Å². The van der Waals surface area contributed by atoms with E-state index in [1.807, 2.05) is 31.2 Å². The molecule has 0 aliphatic carbocycles. The lowest BCUT2D eigenvalue weighted by Gasteiger charge is -2.12. The Morgan fingerprint density at radius 3 is 2.39 bits per heavy atom. The fourth-order valence-electron chi connectivity index (χ4n) is 1.50. The third-order valence-corrected chi connectivity index (χ3v) is 3.81. The lowest BCUT2D eigenvalue weighted by Crippen LogP contribution is -2.23. The Bertz CT molecular complexity index is 376. The molecule has 0 aliphatic rings. The van der Waals surface area contributed by atoms with E-state index < -0.39 is 0 Å². The molecule has 3 nitrogen and oxygen atoms in total. The molecule has 0 radical (unpaired) electrons. The second-order valence-corrected chi connectivity index (χ2v) is 5.95. The molecule has 100 valence electrons. The van der Waals surface area contributed by atoms with Crippen molar-refractivity contribution in [3.05, 3.63) is 29.8 Å². The van der Waals surface area contributed by atoms with Crippen molar-refractivity contribution < 1.29 is 9.90 Å². The molecular weight excluding hydrogens is 246 g/mol. The van der Waals surface area contributed by atoms with Crippen LogP contribution >= 0.6 is 11.8 Å². The predicted octanol–water partition coefficient (Wildman–Crippen LogP) is 2.86. The van der Waals surface area contributed by atoms with Crippen molar-refractivity contribution in [2.24, 2.45) is 0 Å². The Hall–Kier alpha value is -1.00. The molecule has 0 saturated carbocycles. The molecular formula is C14H21NO2S. The summed E-state index contributed by atoms with van der Waals surface area (Å²) in [6.07, 6.45) is 0. The summed E-state index contributed by atoms with van der Waals surface area (Å²) in [6, 6.07) is 7.92. The number of thioether (sulfide) groups is 1. The largest absolute Gasteiger partial charge is 0.396 e. The zero-order chi connectivity index (χ0) is 13.5. The van der Waals surface area contributed by atoms with Gasteiger partial charge in [-0.2, -0.15) is 0 Å². The standard InChI is InChI=1S/C14H21NO2S/c1-10(2)12-4-6-13(7-5-12)15-14(17)11(3)18-9-8-16/h4-7,10-11,16H,8-9H2,1-3H3,(H,15,17)/t11-/m0/s1. The molecule has 0 aromatic heterocycles. The van der Waals surface area contributed by atoms with Crippen LogP contribution in [0.2, 0.25) is 0 Å². The quantitative estimate of drug-likeness (QED) is 0.833. The number of hydrogen-bond donors (Lipinski definition) is 2. The summed E-state index contributed by atoms with van der Waals surface area (Å²) < 4.78 is 0. The average molecular weight is 267 g/mol. The molecule has 1 atom stereocenters. The van der Waals surface area contributed by atoms with E-state index >= 15 is 0 Å². The van der Waals surface area contributed by atoms with Gasteiger partial charge in [0.2, 0.25) is 5.91 Å². The summed E-state index contributed by atoms with van der Waals surface area (Å²) in [5, 5.41) is 11.4. The Labute approximate surface area is 113 Å². The van der Waals surface area contributed by atoms with Crippen LogP contribution in [0.5, 0.6) is 0 Å². The fourth-order valence-corrected chi connectivity index (χ4v) is 2.17. The maximum absolute atomic E-state index is 11.8. The number of benzene rings is 1. The summed E-state index contributed by atoms with van der Waals surface area (Å²) in [4.78, 5) is 11.8. The number of aliphatic hydroxyl groups excluding tert-OH is 1. The van der Waals surface area contributed by atoms with Crippen molar-refractivity contribution in [2.75, 3.05) is 17.7 Å². The first-order chi connectivity index (χ1) is 8.54. The monoisotopic (exact) mass is 267 g/mol. The highest BCUT2D eigenvalue weighted by molar-refractivity contribution is 8.00. The zero-order valence-corrected chi connectivity index (χ0v) is 12.0. The molecule has 0 bridgehead atoms. The number of rotatable bonds is 6. The van der Waals surface area contributed by atoms with Crippen LogP contribution in [0, 0.1) is 0 Å². The van der Waals surface area contributed by atoms with E-state index in [0.29, 0.717) is 11.7 Å². The van der Waals surface area contributed by atoms with Gasteiger partial charge in [-0.3, -0.25) is 4.79 Å². The Morgan fingerprint density at radius 1 is 1.28 bits per heavy atom. The van der Waals surface area contributed by atoms with Gasteiger partial charge < -0.3 is 10.4 Å². The Balaban J connectivity index is 2.53. The van der Waals surface area contributed by atoms with Crippen LogP contribution in [0.15, 0.2) is 24.3 Å². The summed E-state index contributed by atoms with van der Waals surface area (Å²) in [5.74, 6) is 1.06. The molecule has 2 N–H and O–H groups in total. The highest BCUT2D eigenvalue weighted by Crippen LogP contribution is 2.18. The van der Waals surface area contributed by atoms with Gasteiger partial charge in [0.1, 0.15) is 0 Å². The van der Waals surface area contributed by atoms with Crippen LogP contribution in [0.25, 0.3) is 0 Å². The van der Waals surface area contributed by atoms with Crippen LogP contribution in [-0.2, 0) is 4.79 Å². The lowest BCUT2D eigenvalue weighted by atomic mass is 10.0. The van der Waals surface area contributed by atoms with Gasteiger partial charge in [-0.05, 0) is 30.5 Å². The van der Waals surface area contributed by atoms with E-state index in [2.05, 4.69) is 19.2 Å². The number of carbonyl (C=O) groups is 1. The highest BCUT2D eigenvalue weighted by Gasteiger charge is 2.12. The minimum atomic E-state index is -0.151. The molecule has 0 aliphatic heterocycles. The molecule has 0 fully saturated rings. The van der Waals surface area contributed by atoms with Crippen LogP contribution in [-0.4, -0.2) is 28.6 Å². The van der Waals surface area contributed by atoms with E-state index in [1.54, 1.807) is 0 Å². The average Bonchev–Trinajstić information content (AvgIpc) is 2.36. The molecule has 18 heavy (non-hydrogen) atoms. The molecule has 1 aromatic rings. The van der Waals surface area contributed by atoms with Crippen LogP contribution in [0.4, 0.5) is 5.69 Å². The Morgan fingerprint density at radius 2 is 1.89 bits per heavy atom. The summed E-state index contributed by atoms with van der Waals surface area (Å²) in [7, 11) is 0. The first-order valence-electron chi connectivity index (χ1n) is 6.18. The second-order valence-electron chi connectivity index (χ2n) is 4.50. The maximum atomic E-state index is 11.8. The minimum absolute atomic E-state index is 0.0225. The van der Waals surface area contributed by atoms with Gasteiger partial charge in [0.05, 0.1) is 11.9 Å². The van der Waals surface area contributed by atoms with Crippen LogP contribution in [0.1, 0.15) is 32.3 Å². The molecule has 1 aromatic carbocycles. The van der Waals surface area contributed by atoms with Crippen LogP contribution < -0.4 is 5.32 Å². The Kier molecular flexibility index (Phi) is 6.22. The summed E-state index contributed by atoms with van der Waals surface area (Å²) in [5.41, 5.74) is 2.08. The fraction of sp³-hybridized carbons (Fsp3) is 0.500. The van der Waals surface area contributed by atoms with Crippen molar-refractivity contribution in [2.45, 2.75) is 31.9 Å². The van der Waals surface area contributed by atoms with E-state index in [4.69, 9.17) is 5.11 Å². The third-order valence-electron chi connectivity index (χ3n) is 2.67. The van der Waals surface area contributed by atoms with Crippen molar-refractivity contribution in [1.82, 2.24) is 0 Å². The van der Waals surface area contributed by atoms with Gasteiger partial charge in [0.25, 0.3) is 0 Å². The van der Waals surface area contributed by atoms with Gasteiger partial charge in [-0.1, -0.05) is 26.0 Å². The van der Waals surface area contributed by atoms with E-state index in [1.165, 1.54) is 17.3 Å². The van der Waals surface area contributed by atoms with Crippen molar-refractivity contribution >= 4 is 23.4 Å². The number of aliphatic hydroxyl groups is 1. The summed E-state index contributed by atoms with van der Waals surface area (Å²) >= 11 is 1.45. The van der Waals surface area contributed by atoms with Gasteiger partial charge in [-0.25, -0.2) is 0 Å². The smallest absolute Gasteiger partial charge is 0.237 e. The molecule has 1 amide bonds. The molecule has 4 heteroatoms. The maximum Gasteiger partial charge on any atom is 0.237 e. The minimum Gasteiger partial charge on any atom is -0.396 e. The first-order valence-corrected chi connectivity index (χ1v) is 7.22. The molecule has 0 saturated heterocycles. The molecule has 1 rings (SSSR count). The SMILES string of the molecule is CC(C)c1ccc(NC(=O)[C@H](C)SCCO)cc1. The number of hydrogen-bond acceptors (Lipinski definition) is 3. The second kappa shape index (κ2) is 7.44. The summed E-state index contributed by atoms with van der Waals surface area (Å²) in [6.45, 7) is 6.23. The van der Waals surface area contributed by atoms with Crippen molar-refractivity contribution in [3.63, 3.8) is 0 Å². The van der Waals surface area contributed by atoms with Crippen LogP contribution in [0.3, 0.4) is 0 Å². The third kappa shape index (κ3) is 4.70. The number of anilines is 1. The van der Waals surface area contributed by atoms with Crippen molar-refractivity contribution in [3.8, 4) is 0 Å². The lowest BCUT2D eigenvalue weighted by molar-refractivity contribution is -0.115.